The second-order valence-electron chi connectivity index (χ2n) is 4.73. The fraction of sp³-hybridized carbons (Fsp3) is 0.545. The Kier molecular flexibility index (Phi) is 5.13. The molecule has 1 aliphatic carbocycles. The van der Waals surface area contributed by atoms with Crippen molar-refractivity contribution in [2.75, 3.05) is 6.61 Å². The Morgan fingerprint density at radius 2 is 2.37 bits per heavy atom. The minimum atomic E-state index is -1.05. The van der Waals surface area contributed by atoms with Gasteiger partial charge in [-0.25, -0.2) is 14.6 Å². The maximum absolute atomic E-state index is 13.2. The van der Waals surface area contributed by atoms with Crippen molar-refractivity contribution < 1.29 is 19.0 Å². The number of amides is 2. The van der Waals surface area contributed by atoms with E-state index in [1.807, 2.05) is 5.43 Å². The SMILES string of the molecule is CC(C)(O)COC1CC(F)=CC=C1NC(=O)NN=N. The van der Waals surface area contributed by atoms with Gasteiger partial charge < -0.3 is 15.2 Å². The first-order valence-electron chi connectivity index (χ1n) is 5.65. The lowest BCUT2D eigenvalue weighted by Crippen LogP contribution is -2.39. The second kappa shape index (κ2) is 6.39. The summed E-state index contributed by atoms with van der Waals surface area (Å²) in [6.07, 6.45) is 1.86. The Balaban J connectivity index is 2.67. The molecule has 0 bridgehead atoms. The van der Waals surface area contributed by atoms with E-state index < -0.39 is 17.7 Å². The predicted molar refractivity (Wildman–Crippen MR) is 64.7 cm³/mol. The van der Waals surface area contributed by atoms with Gasteiger partial charge in [0, 0.05) is 12.1 Å². The molecule has 1 rings (SSSR count). The van der Waals surface area contributed by atoms with Crippen LogP contribution in [-0.4, -0.2) is 29.4 Å². The zero-order chi connectivity index (χ0) is 14.5. The van der Waals surface area contributed by atoms with Gasteiger partial charge in [0.05, 0.1) is 12.2 Å². The Hall–Kier alpha value is -1.80. The average molecular weight is 272 g/mol. The molecule has 0 aromatic heterocycles. The molecule has 0 spiro atoms. The largest absolute Gasteiger partial charge is 0.388 e. The number of carbonyl (C=O) groups excluding carboxylic acids is 1. The molecule has 0 saturated heterocycles. The lowest BCUT2D eigenvalue weighted by Gasteiger charge is -2.26. The van der Waals surface area contributed by atoms with E-state index in [0.717, 1.165) is 0 Å². The minimum Gasteiger partial charge on any atom is -0.388 e. The molecule has 0 saturated carbocycles. The maximum Gasteiger partial charge on any atom is 0.340 e. The Morgan fingerprint density at radius 1 is 1.68 bits per heavy atom. The van der Waals surface area contributed by atoms with Crippen LogP contribution in [0.1, 0.15) is 20.3 Å². The average Bonchev–Trinajstić information content (AvgIpc) is 2.29. The molecule has 0 aromatic carbocycles. The Labute approximate surface area is 110 Å². The van der Waals surface area contributed by atoms with Crippen LogP contribution < -0.4 is 10.7 Å². The zero-order valence-electron chi connectivity index (χ0n) is 10.7. The van der Waals surface area contributed by atoms with Crippen LogP contribution in [0.2, 0.25) is 0 Å². The number of nitrogens with zero attached hydrogens (tertiary/aromatic N) is 1. The van der Waals surface area contributed by atoms with Crippen molar-refractivity contribution in [2.24, 2.45) is 5.22 Å². The highest BCUT2D eigenvalue weighted by Gasteiger charge is 2.24. The summed E-state index contributed by atoms with van der Waals surface area (Å²) in [7, 11) is 0. The summed E-state index contributed by atoms with van der Waals surface area (Å²) in [5.74, 6) is -0.378. The number of urea groups is 1. The molecule has 0 aliphatic heterocycles. The maximum atomic E-state index is 13.2. The zero-order valence-corrected chi connectivity index (χ0v) is 10.7. The summed E-state index contributed by atoms with van der Waals surface area (Å²) < 4.78 is 18.6. The number of rotatable bonds is 5. The molecule has 106 valence electrons. The van der Waals surface area contributed by atoms with E-state index in [1.165, 1.54) is 12.2 Å². The van der Waals surface area contributed by atoms with Gasteiger partial charge in [-0.1, -0.05) is 5.22 Å². The lowest BCUT2D eigenvalue weighted by molar-refractivity contribution is -0.0448. The van der Waals surface area contributed by atoms with Gasteiger partial charge >= 0.3 is 6.03 Å². The van der Waals surface area contributed by atoms with Gasteiger partial charge in [-0.3, -0.25) is 0 Å². The summed E-state index contributed by atoms with van der Waals surface area (Å²) in [6, 6.07) is -0.714. The molecule has 2 amide bonds. The van der Waals surface area contributed by atoms with Crippen LogP contribution >= 0.6 is 0 Å². The summed E-state index contributed by atoms with van der Waals surface area (Å²) in [5.41, 5.74) is 7.66. The van der Waals surface area contributed by atoms with E-state index in [1.54, 1.807) is 13.8 Å². The van der Waals surface area contributed by atoms with Crippen LogP contribution in [0.5, 0.6) is 0 Å². The molecule has 0 heterocycles. The molecule has 4 N–H and O–H groups in total. The standard InChI is InChI=1S/C11H17FN4O3/c1-11(2,18)6-19-9-5-7(12)3-4-8(9)14-10(17)15-16-13/h3-4,9,18H,5-6H2,1-2H3,(H3,13,14,15,17). The number of hydrogen-bond donors (Lipinski definition) is 4. The molecule has 0 fully saturated rings. The lowest BCUT2D eigenvalue weighted by atomic mass is 10.1. The minimum absolute atomic E-state index is 0.00555. The molecule has 7 nitrogen and oxygen atoms in total. The van der Waals surface area contributed by atoms with Crippen molar-refractivity contribution in [1.29, 1.82) is 5.53 Å². The van der Waals surface area contributed by atoms with Gasteiger partial charge in [-0.05, 0) is 26.0 Å². The van der Waals surface area contributed by atoms with Gasteiger partial charge in [-0.15, -0.1) is 0 Å². The number of ether oxygens (including phenoxy) is 1. The van der Waals surface area contributed by atoms with Gasteiger partial charge in [0.1, 0.15) is 11.9 Å². The van der Waals surface area contributed by atoms with Gasteiger partial charge in [0.2, 0.25) is 0 Å². The number of carbonyl (C=O) groups is 1. The number of halogens is 1. The molecular weight excluding hydrogens is 255 g/mol. The summed E-state index contributed by atoms with van der Waals surface area (Å²) in [6.45, 7) is 3.11. The van der Waals surface area contributed by atoms with E-state index in [9.17, 15) is 14.3 Å². The van der Waals surface area contributed by atoms with E-state index in [-0.39, 0.29) is 18.9 Å². The highest BCUT2D eigenvalue weighted by molar-refractivity contribution is 5.75. The predicted octanol–water partition coefficient (Wildman–Crippen LogP) is 1.53. The number of allylic oxidation sites excluding steroid dienone is 2. The summed E-state index contributed by atoms with van der Waals surface area (Å²) >= 11 is 0. The highest BCUT2D eigenvalue weighted by Crippen LogP contribution is 2.22. The third-order valence-corrected chi connectivity index (χ3v) is 2.22. The van der Waals surface area contributed by atoms with Crippen LogP contribution in [0.25, 0.3) is 0 Å². The molecule has 1 aliphatic rings. The smallest absolute Gasteiger partial charge is 0.340 e. The van der Waals surface area contributed by atoms with E-state index in [4.69, 9.17) is 10.3 Å². The van der Waals surface area contributed by atoms with Crippen LogP contribution in [0.4, 0.5) is 9.18 Å². The van der Waals surface area contributed by atoms with Crippen molar-refractivity contribution in [3.8, 4) is 0 Å². The third-order valence-electron chi connectivity index (χ3n) is 2.22. The Bertz CT molecular complexity index is 415. The number of aliphatic hydroxyl groups is 1. The number of hydrogen-bond acceptors (Lipinski definition) is 5. The van der Waals surface area contributed by atoms with Crippen molar-refractivity contribution >= 4 is 6.03 Å². The van der Waals surface area contributed by atoms with Gasteiger partial charge in [0.15, 0.2) is 0 Å². The normalized spacial score (nSPS) is 19.3. The Morgan fingerprint density at radius 3 is 2.95 bits per heavy atom. The van der Waals surface area contributed by atoms with E-state index >= 15 is 0 Å². The van der Waals surface area contributed by atoms with E-state index in [2.05, 4.69) is 10.5 Å². The first-order valence-corrected chi connectivity index (χ1v) is 5.65. The molecule has 8 heteroatoms. The van der Waals surface area contributed by atoms with Crippen molar-refractivity contribution in [3.63, 3.8) is 0 Å². The van der Waals surface area contributed by atoms with Crippen LogP contribution in [-0.2, 0) is 4.74 Å². The first kappa shape index (κ1) is 15.3. The molecule has 1 atom stereocenters. The quantitative estimate of drug-likeness (QED) is 0.450. The second-order valence-corrected chi connectivity index (χ2v) is 4.73. The van der Waals surface area contributed by atoms with Crippen molar-refractivity contribution in [2.45, 2.75) is 32.0 Å². The van der Waals surface area contributed by atoms with Crippen LogP contribution in [0, 0.1) is 5.53 Å². The highest BCUT2D eigenvalue weighted by atomic mass is 19.1. The van der Waals surface area contributed by atoms with Crippen LogP contribution in [0.15, 0.2) is 28.9 Å². The molecular formula is C11H17FN4O3. The summed E-state index contributed by atoms with van der Waals surface area (Å²) in [4.78, 5) is 11.2. The van der Waals surface area contributed by atoms with Gasteiger partial charge in [0.25, 0.3) is 0 Å². The van der Waals surface area contributed by atoms with Gasteiger partial charge in [-0.2, -0.15) is 5.53 Å². The summed E-state index contributed by atoms with van der Waals surface area (Å²) in [5, 5.41) is 14.7. The molecule has 0 aromatic rings. The third kappa shape index (κ3) is 5.58. The fourth-order valence-electron chi connectivity index (χ4n) is 1.43. The molecule has 19 heavy (non-hydrogen) atoms. The topological polar surface area (TPSA) is 107 Å². The monoisotopic (exact) mass is 272 g/mol. The fourth-order valence-corrected chi connectivity index (χ4v) is 1.43. The van der Waals surface area contributed by atoms with Crippen molar-refractivity contribution in [3.05, 3.63) is 23.7 Å². The van der Waals surface area contributed by atoms with E-state index in [0.29, 0.717) is 5.70 Å². The molecule has 0 radical (unpaired) electrons. The van der Waals surface area contributed by atoms with Crippen LogP contribution in [0.3, 0.4) is 0 Å². The molecule has 1 unspecified atom stereocenters. The van der Waals surface area contributed by atoms with Crippen molar-refractivity contribution in [1.82, 2.24) is 10.7 Å². The first-order chi connectivity index (χ1) is 8.81. The number of nitrogens with one attached hydrogen (secondary N) is 3.